The van der Waals surface area contributed by atoms with Gasteiger partial charge in [0.05, 0.1) is 12.6 Å². The molecule has 1 aromatic rings. The number of amides is 1. The van der Waals surface area contributed by atoms with Gasteiger partial charge in [0, 0.05) is 6.54 Å². The molecule has 1 unspecified atom stereocenters. The van der Waals surface area contributed by atoms with Gasteiger partial charge in [-0.3, -0.25) is 0 Å². The molecule has 5 heteroatoms. The van der Waals surface area contributed by atoms with Gasteiger partial charge in [-0.2, -0.15) is 0 Å². The zero-order valence-electron chi connectivity index (χ0n) is 11.8. The van der Waals surface area contributed by atoms with E-state index >= 15 is 0 Å². The molecule has 0 saturated heterocycles. The van der Waals surface area contributed by atoms with Gasteiger partial charge in [-0.25, -0.2) is 4.79 Å². The molecule has 0 aliphatic carbocycles. The molecule has 0 radical (unpaired) electrons. The molecule has 5 nitrogen and oxygen atoms in total. The normalized spacial score (nSPS) is 20.3. The Hall–Kier alpha value is -1.91. The van der Waals surface area contributed by atoms with Crippen LogP contribution in [0.1, 0.15) is 31.0 Å². The molecular formula is C15H19NO4. The van der Waals surface area contributed by atoms with Crippen LogP contribution in [0.3, 0.4) is 0 Å². The summed E-state index contributed by atoms with van der Waals surface area (Å²) < 4.78 is 16.3. The third-order valence-electron chi connectivity index (χ3n) is 3.85. The van der Waals surface area contributed by atoms with Gasteiger partial charge in [0.1, 0.15) is 13.2 Å². The lowest BCUT2D eigenvalue weighted by Gasteiger charge is -2.35. The Bertz CT molecular complexity index is 529. The van der Waals surface area contributed by atoms with Gasteiger partial charge in [-0.1, -0.05) is 0 Å². The molecule has 1 aromatic carbocycles. The molecule has 108 valence electrons. The van der Waals surface area contributed by atoms with E-state index in [1.165, 1.54) is 5.56 Å². The summed E-state index contributed by atoms with van der Waals surface area (Å²) in [5.74, 6) is 1.58. The van der Waals surface area contributed by atoms with E-state index in [9.17, 15) is 4.79 Å². The first-order valence-corrected chi connectivity index (χ1v) is 7.06. The van der Waals surface area contributed by atoms with Crippen molar-refractivity contribution in [1.29, 1.82) is 0 Å². The van der Waals surface area contributed by atoms with Crippen molar-refractivity contribution in [2.75, 3.05) is 26.4 Å². The van der Waals surface area contributed by atoms with E-state index in [0.29, 0.717) is 26.4 Å². The molecule has 0 spiro atoms. The number of hydrogen-bond donors (Lipinski definition) is 0. The smallest absolute Gasteiger partial charge is 0.410 e. The molecule has 0 aromatic heterocycles. The molecule has 0 N–H and O–H groups in total. The molecule has 1 amide bonds. The minimum Gasteiger partial charge on any atom is -0.486 e. The Morgan fingerprint density at radius 3 is 2.75 bits per heavy atom. The highest BCUT2D eigenvalue weighted by molar-refractivity contribution is 5.69. The minimum atomic E-state index is -0.250. The lowest BCUT2D eigenvalue weighted by molar-refractivity contribution is 0.0898. The number of hydrogen-bond acceptors (Lipinski definition) is 4. The fourth-order valence-electron chi connectivity index (χ4n) is 2.81. The highest BCUT2D eigenvalue weighted by atomic mass is 16.6. The topological polar surface area (TPSA) is 48.0 Å². The van der Waals surface area contributed by atoms with E-state index in [4.69, 9.17) is 14.2 Å². The van der Waals surface area contributed by atoms with Crippen LogP contribution in [0.2, 0.25) is 0 Å². The third kappa shape index (κ3) is 2.17. The molecule has 0 fully saturated rings. The summed E-state index contributed by atoms with van der Waals surface area (Å²) in [6.07, 6.45) is 0.565. The summed E-state index contributed by atoms with van der Waals surface area (Å²) in [6, 6.07) is 4.04. The first-order valence-electron chi connectivity index (χ1n) is 7.06. The molecule has 2 aliphatic heterocycles. The van der Waals surface area contributed by atoms with Gasteiger partial charge in [0.25, 0.3) is 0 Å². The number of carbonyl (C=O) groups excluding carboxylic acids is 1. The Morgan fingerprint density at radius 1 is 1.35 bits per heavy atom. The summed E-state index contributed by atoms with van der Waals surface area (Å²) in [6.45, 7) is 6.08. The van der Waals surface area contributed by atoms with E-state index in [1.807, 2.05) is 26.0 Å². The first kappa shape index (κ1) is 13.1. The Labute approximate surface area is 118 Å². The van der Waals surface area contributed by atoms with E-state index in [0.717, 1.165) is 23.5 Å². The van der Waals surface area contributed by atoms with Gasteiger partial charge >= 0.3 is 6.09 Å². The van der Waals surface area contributed by atoms with Gasteiger partial charge in [-0.15, -0.1) is 0 Å². The van der Waals surface area contributed by atoms with Crippen molar-refractivity contribution in [1.82, 2.24) is 4.90 Å². The number of rotatable bonds is 1. The highest BCUT2D eigenvalue weighted by Gasteiger charge is 2.30. The van der Waals surface area contributed by atoms with Crippen LogP contribution in [-0.2, 0) is 11.2 Å². The Morgan fingerprint density at radius 2 is 2.05 bits per heavy atom. The molecule has 2 aliphatic rings. The van der Waals surface area contributed by atoms with E-state index < -0.39 is 0 Å². The summed E-state index contributed by atoms with van der Waals surface area (Å²) in [5.41, 5.74) is 2.34. The maximum absolute atomic E-state index is 12.0. The molecule has 3 rings (SSSR count). The van der Waals surface area contributed by atoms with E-state index in [-0.39, 0.29) is 12.1 Å². The summed E-state index contributed by atoms with van der Waals surface area (Å²) in [4.78, 5) is 13.7. The van der Waals surface area contributed by atoms with Crippen LogP contribution >= 0.6 is 0 Å². The molecule has 1 atom stereocenters. The van der Waals surface area contributed by atoms with Crippen molar-refractivity contribution in [2.45, 2.75) is 26.3 Å². The first-order chi connectivity index (χ1) is 9.70. The monoisotopic (exact) mass is 277 g/mol. The maximum Gasteiger partial charge on any atom is 0.410 e. The SMILES string of the molecule is CCOC(=O)N1CCc2cc3c(cc2C1C)OCCO3. The molecule has 2 heterocycles. The average molecular weight is 277 g/mol. The van der Waals surface area contributed by atoms with Crippen LogP contribution in [0, 0.1) is 0 Å². The van der Waals surface area contributed by atoms with E-state index in [1.54, 1.807) is 4.90 Å². The van der Waals surface area contributed by atoms with E-state index in [2.05, 4.69) is 0 Å². The van der Waals surface area contributed by atoms with Gasteiger partial charge in [0.15, 0.2) is 11.5 Å². The minimum absolute atomic E-state index is 0.00590. The predicted octanol–water partition coefficient (Wildman–Crippen LogP) is 2.53. The van der Waals surface area contributed by atoms with Gasteiger partial charge in [0.2, 0.25) is 0 Å². The van der Waals surface area contributed by atoms with Crippen molar-refractivity contribution in [2.24, 2.45) is 0 Å². The van der Waals surface area contributed by atoms with Crippen LogP contribution in [0.15, 0.2) is 12.1 Å². The number of carbonyl (C=O) groups is 1. The molecule has 0 bridgehead atoms. The maximum atomic E-state index is 12.0. The van der Waals surface area contributed by atoms with Crippen molar-refractivity contribution >= 4 is 6.09 Å². The fourth-order valence-corrected chi connectivity index (χ4v) is 2.81. The van der Waals surface area contributed by atoms with Crippen molar-refractivity contribution in [3.05, 3.63) is 23.3 Å². The quantitative estimate of drug-likeness (QED) is 0.791. The second kappa shape index (κ2) is 5.23. The molecule has 0 saturated carbocycles. The standard InChI is InChI=1S/C15H19NO4/c1-3-18-15(17)16-5-4-11-8-13-14(20-7-6-19-13)9-12(11)10(16)2/h8-10H,3-7H2,1-2H3. The summed E-state index contributed by atoms with van der Waals surface area (Å²) >= 11 is 0. The second-order valence-corrected chi connectivity index (χ2v) is 5.01. The molecular weight excluding hydrogens is 258 g/mol. The molecule has 20 heavy (non-hydrogen) atoms. The second-order valence-electron chi connectivity index (χ2n) is 5.01. The Kier molecular flexibility index (Phi) is 3.42. The highest BCUT2D eigenvalue weighted by Crippen LogP contribution is 2.39. The van der Waals surface area contributed by atoms with Crippen molar-refractivity contribution in [3.63, 3.8) is 0 Å². The summed E-state index contributed by atoms with van der Waals surface area (Å²) in [5, 5.41) is 0. The Balaban J connectivity index is 1.90. The average Bonchev–Trinajstić information content (AvgIpc) is 2.46. The third-order valence-corrected chi connectivity index (χ3v) is 3.85. The fraction of sp³-hybridized carbons (Fsp3) is 0.533. The van der Waals surface area contributed by atoms with Crippen LogP contribution in [0.4, 0.5) is 4.79 Å². The van der Waals surface area contributed by atoms with Crippen LogP contribution < -0.4 is 9.47 Å². The van der Waals surface area contributed by atoms with Crippen molar-refractivity contribution in [3.8, 4) is 11.5 Å². The largest absolute Gasteiger partial charge is 0.486 e. The zero-order chi connectivity index (χ0) is 14.1. The number of ether oxygens (including phenoxy) is 3. The number of benzene rings is 1. The van der Waals surface area contributed by atoms with Gasteiger partial charge < -0.3 is 19.1 Å². The van der Waals surface area contributed by atoms with Gasteiger partial charge in [-0.05, 0) is 43.5 Å². The van der Waals surface area contributed by atoms with Crippen LogP contribution in [-0.4, -0.2) is 37.4 Å². The predicted molar refractivity (Wildman–Crippen MR) is 73.3 cm³/mol. The zero-order valence-corrected chi connectivity index (χ0v) is 11.8. The summed E-state index contributed by atoms with van der Waals surface area (Å²) in [7, 11) is 0. The number of nitrogens with zero attached hydrogens (tertiary/aromatic N) is 1. The van der Waals surface area contributed by atoms with Crippen molar-refractivity contribution < 1.29 is 19.0 Å². The van der Waals surface area contributed by atoms with Crippen LogP contribution in [0.5, 0.6) is 11.5 Å². The van der Waals surface area contributed by atoms with Crippen LogP contribution in [0.25, 0.3) is 0 Å². The number of fused-ring (bicyclic) bond motifs is 2. The lowest BCUT2D eigenvalue weighted by Crippen LogP contribution is -2.39. The lowest BCUT2D eigenvalue weighted by atomic mass is 9.93.